The van der Waals surface area contributed by atoms with E-state index in [9.17, 15) is 23.2 Å². The Balaban J connectivity index is 1.61. The number of hydroxylamine groups is 1. The summed E-state index contributed by atoms with van der Waals surface area (Å²) in [6.45, 7) is 3.67. The van der Waals surface area contributed by atoms with E-state index in [0.29, 0.717) is 37.4 Å². The van der Waals surface area contributed by atoms with Gasteiger partial charge in [0.1, 0.15) is 0 Å². The maximum Gasteiger partial charge on any atom is 0.416 e. The highest BCUT2D eigenvalue weighted by atomic mass is 19.4. The second kappa shape index (κ2) is 15.4. The fourth-order valence-electron chi connectivity index (χ4n) is 4.84. The Bertz CT molecular complexity index is 686. The van der Waals surface area contributed by atoms with Crippen LogP contribution in [-0.2, 0) is 11.0 Å². The van der Waals surface area contributed by atoms with Crippen LogP contribution < -0.4 is 5.48 Å². The number of nitrogens with one attached hydrogen (secondary N) is 1. The van der Waals surface area contributed by atoms with Gasteiger partial charge in [-0.05, 0) is 49.3 Å². The van der Waals surface area contributed by atoms with Crippen molar-refractivity contribution in [3.63, 3.8) is 0 Å². The third kappa shape index (κ3) is 10.3. The first-order valence-corrected chi connectivity index (χ1v) is 13.2. The van der Waals surface area contributed by atoms with Crippen molar-refractivity contribution in [1.82, 2.24) is 10.4 Å². The molecule has 1 aliphatic heterocycles. The van der Waals surface area contributed by atoms with Gasteiger partial charge in [-0.15, -0.1) is 0 Å². The van der Waals surface area contributed by atoms with E-state index < -0.39 is 17.8 Å². The molecule has 0 bridgehead atoms. The van der Waals surface area contributed by atoms with Crippen LogP contribution in [-0.4, -0.2) is 29.1 Å². The van der Waals surface area contributed by atoms with Gasteiger partial charge in [-0.25, -0.2) is 0 Å². The van der Waals surface area contributed by atoms with Crippen molar-refractivity contribution in [2.45, 2.75) is 109 Å². The van der Waals surface area contributed by atoms with Crippen molar-refractivity contribution in [1.29, 1.82) is 0 Å². The number of hydrogen-bond acceptors (Lipinski definition) is 3. The Hall–Kier alpha value is -1.60. The minimum Gasteiger partial charge on any atom is -0.343 e. The first-order chi connectivity index (χ1) is 16.3. The van der Waals surface area contributed by atoms with Gasteiger partial charge in [-0.2, -0.15) is 18.7 Å². The number of nitrogens with zero attached hydrogens (tertiary/aromatic N) is 1. The number of piperidine rings is 1. The molecule has 2 rings (SSSR count). The Morgan fingerprint density at radius 1 is 0.971 bits per heavy atom. The lowest BCUT2D eigenvalue weighted by Crippen LogP contribution is -2.39. The highest BCUT2D eigenvalue weighted by molar-refractivity contribution is 5.76. The number of benzene rings is 1. The van der Waals surface area contributed by atoms with E-state index in [1.165, 1.54) is 63.5 Å². The van der Waals surface area contributed by atoms with Crippen LogP contribution in [0.3, 0.4) is 0 Å². The monoisotopic (exact) mass is 484 g/mol. The van der Waals surface area contributed by atoms with Crippen LogP contribution in [0.25, 0.3) is 0 Å². The summed E-state index contributed by atoms with van der Waals surface area (Å²) < 4.78 is 38.3. The average molecular weight is 485 g/mol. The molecule has 1 saturated heterocycles. The maximum atomic E-state index is 12.8. The molecule has 7 heteroatoms. The highest BCUT2D eigenvalue weighted by Gasteiger charge is 2.31. The molecule has 2 N–H and O–H groups in total. The minimum absolute atomic E-state index is 0.234. The van der Waals surface area contributed by atoms with Gasteiger partial charge in [-0.3, -0.25) is 4.79 Å². The number of rotatable bonds is 15. The minimum atomic E-state index is -4.37. The van der Waals surface area contributed by atoms with Gasteiger partial charge in [0.2, 0.25) is 5.91 Å². The van der Waals surface area contributed by atoms with E-state index in [4.69, 9.17) is 0 Å². The number of unbranched alkanes of at least 4 members (excludes halogenated alkanes) is 9. The lowest BCUT2D eigenvalue weighted by molar-refractivity contribution is -0.137. The van der Waals surface area contributed by atoms with Gasteiger partial charge < -0.3 is 10.1 Å². The summed E-state index contributed by atoms with van der Waals surface area (Å²) in [5.41, 5.74) is 2.20. The molecule has 1 aromatic rings. The second-order valence-electron chi connectivity index (χ2n) is 9.79. The molecule has 1 atom stereocenters. The van der Waals surface area contributed by atoms with Crippen LogP contribution in [0.5, 0.6) is 0 Å². The Morgan fingerprint density at radius 3 is 2.00 bits per heavy atom. The molecule has 1 unspecified atom stereocenters. The zero-order valence-electron chi connectivity index (χ0n) is 20.7. The molecule has 0 radical (unpaired) electrons. The zero-order chi connectivity index (χ0) is 24.8. The quantitative estimate of drug-likeness (QED) is 0.198. The van der Waals surface area contributed by atoms with Crippen LogP contribution >= 0.6 is 0 Å². The van der Waals surface area contributed by atoms with Gasteiger partial charge in [0.25, 0.3) is 0 Å². The van der Waals surface area contributed by atoms with E-state index in [1.807, 2.05) is 4.90 Å². The Morgan fingerprint density at radius 2 is 1.50 bits per heavy atom. The van der Waals surface area contributed by atoms with Crippen LogP contribution in [0.2, 0.25) is 0 Å². The summed E-state index contributed by atoms with van der Waals surface area (Å²) in [5, 5.41) is 9.57. The normalized spacial score (nSPS) is 16.1. The summed E-state index contributed by atoms with van der Waals surface area (Å²) in [7, 11) is 0. The number of amides is 1. The number of alkyl halides is 3. The predicted molar refractivity (Wildman–Crippen MR) is 129 cm³/mol. The molecule has 1 heterocycles. The van der Waals surface area contributed by atoms with Gasteiger partial charge in [0.15, 0.2) is 0 Å². The van der Waals surface area contributed by atoms with Crippen molar-refractivity contribution in [2.75, 3.05) is 13.1 Å². The first kappa shape index (κ1) is 28.6. The molecule has 0 aliphatic carbocycles. The highest BCUT2D eigenvalue weighted by Crippen LogP contribution is 2.32. The number of carbonyl (C=O) groups excluding carboxylic acids is 1. The van der Waals surface area contributed by atoms with E-state index in [-0.39, 0.29) is 5.91 Å². The number of hydrogen-bond donors (Lipinski definition) is 2. The molecule has 1 fully saturated rings. The second-order valence-corrected chi connectivity index (χ2v) is 9.79. The number of likely N-dealkylation sites (tertiary alicyclic amines) is 1. The molecule has 1 aliphatic rings. The summed E-state index contributed by atoms with van der Waals surface area (Å²) in [4.78, 5) is 14.5. The third-order valence-electron chi connectivity index (χ3n) is 7.08. The van der Waals surface area contributed by atoms with Crippen molar-refractivity contribution >= 4 is 5.91 Å². The average Bonchev–Trinajstić information content (AvgIpc) is 2.83. The fourth-order valence-corrected chi connectivity index (χ4v) is 4.84. The van der Waals surface area contributed by atoms with Gasteiger partial charge in [0, 0.05) is 19.5 Å². The SMILES string of the molecule is CCCCCCCCCCCCC(=O)N1CCC(CC(NO)c2ccc(C(F)(F)F)cc2)CC1. The largest absolute Gasteiger partial charge is 0.416 e. The molecule has 1 aromatic carbocycles. The lowest BCUT2D eigenvalue weighted by atomic mass is 9.87. The summed E-state index contributed by atoms with van der Waals surface area (Å²) in [6, 6.07) is 4.52. The first-order valence-electron chi connectivity index (χ1n) is 13.2. The molecule has 0 spiro atoms. The molecule has 194 valence electrons. The molecular formula is C27H43F3N2O2. The smallest absolute Gasteiger partial charge is 0.343 e. The molecule has 4 nitrogen and oxygen atoms in total. The molecule has 34 heavy (non-hydrogen) atoms. The summed E-state index contributed by atoms with van der Waals surface area (Å²) in [6.07, 6.45) is 11.1. The predicted octanol–water partition coefficient (Wildman–Crippen LogP) is 7.67. The lowest BCUT2D eigenvalue weighted by Gasteiger charge is -2.33. The molecule has 0 saturated carbocycles. The van der Waals surface area contributed by atoms with E-state index in [2.05, 4.69) is 12.4 Å². The van der Waals surface area contributed by atoms with Crippen LogP contribution in [0, 0.1) is 5.92 Å². The van der Waals surface area contributed by atoms with Crippen LogP contribution in [0.1, 0.15) is 114 Å². The standard InChI is InChI=1S/C27H43F3N2O2/c1-2-3-4-5-6-7-8-9-10-11-12-26(33)32-19-17-22(18-20-32)21-25(31-34)23-13-15-24(16-14-23)27(28,29)30/h13-16,22,25,31,34H,2-12,17-21H2,1H3. The summed E-state index contributed by atoms with van der Waals surface area (Å²) in [5.74, 6) is 0.547. The van der Waals surface area contributed by atoms with Crippen molar-refractivity contribution in [3.05, 3.63) is 35.4 Å². The third-order valence-corrected chi connectivity index (χ3v) is 7.08. The van der Waals surface area contributed by atoms with Crippen LogP contribution in [0.15, 0.2) is 24.3 Å². The zero-order valence-corrected chi connectivity index (χ0v) is 20.7. The van der Waals surface area contributed by atoms with Crippen molar-refractivity contribution in [3.8, 4) is 0 Å². The van der Waals surface area contributed by atoms with E-state index >= 15 is 0 Å². The summed E-state index contributed by atoms with van der Waals surface area (Å²) >= 11 is 0. The molecule has 1 amide bonds. The van der Waals surface area contributed by atoms with Crippen molar-refractivity contribution in [2.24, 2.45) is 5.92 Å². The molecule has 0 aromatic heterocycles. The maximum absolute atomic E-state index is 12.8. The fraction of sp³-hybridized carbons (Fsp3) is 0.741. The van der Waals surface area contributed by atoms with Crippen LogP contribution in [0.4, 0.5) is 13.2 Å². The Labute approximate surface area is 203 Å². The van der Waals surface area contributed by atoms with Gasteiger partial charge in [-0.1, -0.05) is 76.8 Å². The van der Waals surface area contributed by atoms with Gasteiger partial charge >= 0.3 is 6.18 Å². The Kier molecular flexibility index (Phi) is 13.0. The van der Waals surface area contributed by atoms with E-state index in [1.54, 1.807) is 0 Å². The number of carbonyl (C=O) groups is 1. The molecular weight excluding hydrogens is 441 g/mol. The van der Waals surface area contributed by atoms with Crippen molar-refractivity contribution < 1.29 is 23.2 Å². The topological polar surface area (TPSA) is 52.6 Å². The van der Waals surface area contributed by atoms with Gasteiger partial charge in [0.05, 0.1) is 11.6 Å². The number of halogens is 3. The van der Waals surface area contributed by atoms with E-state index in [0.717, 1.165) is 37.8 Å².